The highest BCUT2D eigenvalue weighted by atomic mass is 16.4. The van der Waals surface area contributed by atoms with Gasteiger partial charge in [-0.2, -0.15) is 5.10 Å². The zero-order valence-electron chi connectivity index (χ0n) is 6.89. The second kappa shape index (κ2) is 2.91. The number of aromatic amines is 1. The van der Waals surface area contributed by atoms with Gasteiger partial charge in [0.15, 0.2) is 0 Å². The average Bonchev–Trinajstić information content (AvgIpc) is 2.18. The van der Waals surface area contributed by atoms with Crippen molar-refractivity contribution in [1.29, 1.82) is 0 Å². The van der Waals surface area contributed by atoms with E-state index in [9.17, 15) is 9.59 Å². The minimum atomic E-state index is -1.34. The fraction of sp³-hybridized carbons (Fsp3) is 0. The lowest BCUT2D eigenvalue weighted by molar-refractivity contribution is 0.0688. The Balaban J connectivity index is 2.89. The number of nitrogens with zero attached hydrogens (tertiary/aromatic N) is 2. The van der Waals surface area contributed by atoms with Gasteiger partial charge in [-0.15, -0.1) is 0 Å². The van der Waals surface area contributed by atoms with Crippen LogP contribution >= 0.6 is 0 Å². The van der Waals surface area contributed by atoms with Gasteiger partial charge in [-0.05, 0) is 6.07 Å². The number of aromatic carboxylic acids is 1. The first-order chi connectivity index (χ1) is 6.70. The predicted octanol–water partition coefficient (Wildman–Crippen LogP) is 0.0163. The van der Waals surface area contributed by atoms with Crippen LogP contribution in [0.5, 0.6) is 0 Å². The fourth-order valence-corrected chi connectivity index (χ4v) is 1.12. The Labute approximate surface area is 77.2 Å². The summed E-state index contributed by atoms with van der Waals surface area (Å²) in [5, 5.41) is 14.8. The fourth-order valence-electron chi connectivity index (χ4n) is 1.12. The zero-order chi connectivity index (χ0) is 10.1. The molecule has 0 saturated heterocycles. The van der Waals surface area contributed by atoms with Crippen LogP contribution < -0.4 is 5.43 Å². The van der Waals surface area contributed by atoms with E-state index in [-0.39, 0.29) is 5.39 Å². The van der Waals surface area contributed by atoms with E-state index in [0.29, 0.717) is 5.52 Å². The van der Waals surface area contributed by atoms with Crippen molar-refractivity contribution in [2.24, 2.45) is 0 Å². The first-order valence-corrected chi connectivity index (χ1v) is 3.76. The molecule has 6 nitrogen and oxygen atoms in total. The van der Waals surface area contributed by atoms with Crippen LogP contribution in [0.15, 0.2) is 23.3 Å². The van der Waals surface area contributed by atoms with E-state index < -0.39 is 17.1 Å². The zero-order valence-corrected chi connectivity index (χ0v) is 6.89. The summed E-state index contributed by atoms with van der Waals surface area (Å²) in [6, 6.07) is 1.45. The summed E-state index contributed by atoms with van der Waals surface area (Å²) in [6.07, 6.45) is 2.83. The predicted molar refractivity (Wildman–Crippen MR) is 47.1 cm³/mol. The number of pyridine rings is 1. The second-order valence-corrected chi connectivity index (χ2v) is 2.63. The van der Waals surface area contributed by atoms with Crippen molar-refractivity contribution < 1.29 is 9.90 Å². The van der Waals surface area contributed by atoms with Gasteiger partial charge in [0.2, 0.25) is 11.1 Å². The van der Waals surface area contributed by atoms with Crippen molar-refractivity contribution in [2.75, 3.05) is 0 Å². The van der Waals surface area contributed by atoms with Crippen molar-refractivity contribution in [3.8, 4) is 0 Å². The van der Waals surface area contributed by atoms with Gasteiger partial charge in [-0.1, -0.05) is 0 Å². The number of hydrogen-bond donors (Lipinski definition) is 2. The maximum atomic E-state index is 11.5. The quantitative estimate of drug-likeness (QED) is 0.662. The first kappa shape index (κ1) is 8.36. The van der Waals surface area contributed by atoms with Crippen LogP contribution in [-0.2, 0) is 0 Å². The monoisotopic (exact) mass is 191 g/mol. The third-order valence-electron chi connectivity index (χ3n) is 1.77. The molecule has 2 rings (SSSR count). The average molecular weight is 191 g/mol. The Kier molecular flexibility index (Phi) is 1.74. The van der Waals surface area contributed by atoms with Crippen molar-refractivity contribution in [2.45, 2.75) is 0 Å². The van der Waals surface area contributed by atoms with Crippen LogP contribution in [0, 0.1) is 0 Å². The molecule has 0 bridgehead atoms. The number of hydrogen-bond acceptors (Lipinski definition) is 4. The van der Waals surface area contributed by atoms with Crippen LogP contribution in [0.1, 0.15) is 10.5 Å². The van der Waals surface area contributed by atoms with Crippen molar-refractivity contribution >= 4 is 16.9 Å². The minimum absolute atomic E-state index is 0.271. The van der Waals surface area contributed by atoms with E-state index in [1.807, 2.05) is 0 Å². The molecule has 0 amide bonds. The topological polar surface area (TPSA) is 95.9 Å². The smallest absolute Gasteiger partial charge is 0.360 e. The number of rotatable bonds is 1. The molecule has 0 radical (unpaired) electrons. The van der Waals surface area contributed by atoms with Gasteiger partial charge in [0.25, 0.3) is 0 Å². The Morgan fingerprint density at radius 3 is 3.00 bits per heavy atom. The molecule has 2 aromatic rings. The Morgan fingerprint density at radius 1 is 1.50 bits per heavy atom. The van der Waals surface area contributed by atoms with Crippen LogP contribution in [0.3, 0.4) is 0 Å². The molecule has 2 heterocycles. The minimum Gasteiger partial charge on any atom is -0.476 e. The van der Waals surface area contributed by atoms with Crippen molar-refractivity contribution in [3.05, 3.63) is 34.4 Å². The molecule has 0 aromatic carbocycles. The van der Waals surface area contributed by atoms with Crippen LogP contribution in [0.2, 0.25) is 0 Å². The van der Waals surface area contributed by atoms with Crippen LogP contribution in [0.4, 0.5) is 0 Å². The molecule has 0 fully saturated rings. The molecular weight excluding hydrogens is 186 g/mol. The van der Waals surface area contributed by atoms with Gasteiger partial charge in [-0.25, -0.2) is 4.79 Å². The molecule has 14 heavy (non-hydrogen) atoms. The molecule has 0 saturated carbocycles. The van der Waals surface area contributed by atoms with Gasteiger partial charge in [0.05, 0.1) is 17.1 Å². The largest absolute Gasteiger partial charge is 0.476 e. The molecule has 6 heteroatoms. The van der Waals surface area contributed by atoms with Crippen molar-refractivity contribution in [3.63, 3.8) is 0 Å². The number of aromatic nitrogens is 3. The number of carboxylic acid groups (broad SMARTS) is 1. The highest BCUT2D eigenvalue weighted by Gasteiger charge is 2.12. The van der Waals surface area contributed by atoms with Gasteiger partial charge in [0.1, 0.15) is 0 Å². The lowest BCUT2D eigenvalue weighted by Crippen LogP contribution is -2.18. The molecule has 0 atom stereocenters. The van der Waals surface area contributed by atoms with E-state index >= 15 is 0 Å². The van der Waals surface area contributed by atoms with E-state index in [0.717, 1.165) is 0 Å². The Morgan fingerprint density at radius 2 is 2.29 bits per heavy atom. The SMILES string of the molecule is O=C(O)c1n[nH]c2cnccc2c1=O. The summed E-state index contributed by atoms with van der Waals surface area (Å²) in [6.45, 7) is 0. The molecule has 0 aliphatic rings. The molecule has 0 aliphatic carbocycles. The number of carbonyl (C=O) groups is 1. The Bertz CT molecular complexity index is 561. The van der Waals surface area contributed by atoms with E-state index in [2.05, 4.69) is 15.2 Å². The van der Waals surface area contributed by atoms with E-state index in [4.69, 9.17) is 5.11 Å². The maximum absolute atomic E-state index is 11.5. The number of fused-ring (bicyclic) bond motifs is 1. The summed E-state index contributed by atoms with van der Waals surface area (Å²) < 4.78 is 0. The van der Waals surface area contributed by atoms with Gasteiger partial charge >= 0.3 is 5.97 Å². The van der Waals surface area contributed by atoms with Gasteiger partial charge in [0, 0.05) is 6.20 Å². The third kappa shape index (κ3) is 1.13. The standard InChI is InChI=1S/C8H5N3O3/c12-7-4-1-2-9-3-5(4)10-11-6(7)8(13)14/h1-3H,(H,10,12)(H,13,14). The van der Waals surface area contributed by atoms with Crippen molar-refractivity contribution in [1.82, 2.24) is 15.2 Å². The lowest BCUT2D eigenvalue weighted by atomic mass is 10.2. The van der Waals surface area contributed by atoms with E-state index in [1.165, 1.54) is 18.5 Å². The summed E-state index contributed by atoms with van der Waals surface area (Å²) in [7, 11) is 0. The highest BCUT2D eigenvalue weighted by molar-refractivity contribution is 5.89. The summed E-state index contributed by atoms with van der Waals surface area (Å²) >= 11 is 0. The second-order valence-electron chi connectivity index (χ2n) is 2.63. The molecule has 70 valence electrons. The molecule has 0 unspecified atom stereocenters. The summed E-state index contributed by atoms with van der Waals surface area (Å²) in [4.78, 5) is 25.8. The normalized spacial score (nSPS) is 10.3. The molecule has 2 aromatic heterocycles. The van der Waals surface area contributed by atoms with E-state index in [1.54, 1.807) is 0 Å². The molecule has 0 spiro atoms. The lowest BCUT2D eigenvalue weighted by Gasteiger charge is -1.96. The Hall–Kier alpha value is -2.24. The first-order valence-electron chi connectivity index (χ1n) is 3.76. The number of H-pyrrole nitrogens is 1. The van der Waals surface area contributed by atoms with Crippen LogP contribution in [0.25, 0.3) is 10.9 Å². The van der Waals surface area contributed by atoms with Gasteiger partial charge < -0.3 is 5.11 Å². The number of nitrogens with one attached hydrogen (secondary N) is 1. The third-order valence-corrected chi connectivity index (χ3v) is 1.77. The summed E-state index contributed by atoms with van der Waals surface area (Å²) in [5.74, 6) is -1.34. The van der Waals surface area contributed by atoms with Gasteiger partial charge in [-0.3, -0.25) is 14.9 Å². The number of carboxylic acids is 1. The maximum Gasteiger partial charge on any atom is 0.360 e. The summed E-state index contributed by atoms with van der Waals surface area (Å²) in [5.41, 5.74) is -0.695. The molecule has 0 aliphatic heterocycles. The highest BCUT2D eigenvalue weighted by Crippen LogP contribution is 2.02. The molecular formula is C8H5N3O3. The van der Waals surface area contributed by atoms with Crippen LogP contribution in [-0.4, -0.2) is 26.3 Å². The molecule has 2 N–H and O–H groups in total.